The van der Waals surface area contributed by atoms with Gasteiger partial charge >= 0.3 is 5.97 Å². The first kappa shape index (κ1) is 18.3. The van der Waals surface area contributed by atoms with Crippen LogP contribution in [0.5, 0.6) is 0 Å². The predicted octanol–water partition coefficient (Wildman–Crippen LogP) is 6.17. The first-order valence-electron chi connectivity index (χ1n) is 8.79. The predicted molar refractivity (Wildman–Crippen MR) is 114 cm³/mol. The quantitative estimate of drug-likeness (QED) is 0.322. The van der Waals surface area contributed by atoms with Gasteiger partial charge in [-0.05, 0) is 46.9 Å². The van der Waals surface area contributed by atoms with Gasteiger partial charge in [-0.1, -0.05) is 88.7 Å². The molecule has 3 aliphatic rings. The minimum absolute atomic E-state index is 0.00137. The van der Waals surface area contributed by atoms with Gasteiger partial charge in [0.25, 0.3) is 0 Å². The zero-order chi connectivity index (χ0) is 19.0. The Labute approximate surface area is 172 Å². The summed E-state index contributed by atoms with van der Waals surface area (Å²) in [5, 5.41) is 0.718. The summed E-state index contributed by atoms with van der Waals surface area (Å²) in [5.41, 5.74) is 4.25. The monoisotopic (exact) mass is 440 g/mol. The third kappa shape index (κ3) is 3.30. The van der Waals surface area contributed by atoms with Crippen molar-refractivity contribution in [3.63, 3.8) is 0 Å². The maximum Gasteiger partial charge on any atom is 0.328 e. The number of benzene rings is 2. The first-order chi connectivity index (χ1) is 13.0. The highest BCUT2D eigenvalue weighted by molar-refractivity contribution is 9.10. The third-order valence-corrected chi connectivity index (χ3v) is 6.56. The molecule has 4 heteroatoms. The fourth-order valence-electron chi connectivity index (χ4n) is 3.78. The lowest BCUT2D eigenvalue weighted by Crippen LogP contribution is -2.51. The Morgan fingerprint density at radius 1 is 1.15 bits per heavy atom. The summed E-state index contributed by atoms with van der Waals surface area (Å²) in [5.74, 6) is -0.232. The van der Waals surface area contributed by atoms with Gasteiger partial charge in [-0.2, -0.15) is 0 Å². The highest BCUT2D eigenvalue weighted by atomic mass is 79.9. The second-order valence-electron chi connectivity index (χ2n) is 6.81. The molecule has 3 atom stereocenters. The minimum atomic E-state index is -0.852. The number of alkyl halides is 1. The number of rotatable bonds is 4. The lowest BCUT2D eigenvalue weighted by atomic mass is 9.72. The molecule has 5 rings (SSSR count). The van der Waals surface area contributed by atoms with Crippen molar-refractivity contribution in [1.29, 1.82) is 0 Å². The molecule has 1 fully saturated rings. The van der Waals surface area contributed by atoms with Gasteiger partial charge in [0.2, 0.25) is 0 Å². The number of carbonyl (C=O) groups excluding carboxylic acids is 1. The number of esters is 1. The molecule has 0 radical (unpaired) electrons. The molecule has 27 heavy (non-hydrogen) atoms. The van der Waals surface area contributed by atoms with Crippen molar-refractivity contribution in [3.05, 3.63) is 94.5 Å². The van der Waals surface area contributed by atoms with Crippen molar-refractivity contribution < 1.29 is 9.53 Å². The Morgan fingerprint density at radius 3 is 2.63 bits per heavy atom. The summed E-state index contributed by atoms with van der Waals surface area (Å²) in [6.07, 6.45) is 8.38. The van der Waals surface area contributed by atoms with E-state index in [1.165, 1.54) is 0 Å². The van der Waals surface area contributed by atoms with Crippen molar-refractivity contribution in [3.8, 4) is 0 Å². The number of hydrogen-bond donors (Lipinski definition) is 0. The van der Waals surface area contributed by atoms with Crippen LogP contribution in [0.4, 0.5) is 0 Å². The molecule has 0 spiro atoms. The molecule has 0 N–H and O–H groups in total. The summed E-state index contributed by atoms with van der Waals surface area (Å²) in [7, 11) is 0. The second-order valence-corrected chi connectivity index (χ2v) is 8.56. The van der Waals surface area contributed by atoms with Crippen LogP contribution in [-0.4, -0.2) is 16.4 Å². The number of halogens is 2. The van der Waals surface area contributed by atoms with Crippen LogP contribution in [0.25, 0.3) is 12.2 Å². The van der Waals surface area contributed by atoms with Crippen LogP contribution in [0.15, 0.2) is 72.8 Å². The first-order valence-corrected chi connectivity index (χ1v) is 9.96. The van der Waals surface area contributed by atoms with Crippen LogP contribution in [-0.2, 0) is 9.53 Å². The van der Waals surface area contributed by atoms with E-state index >= 15 is 0 Å². The smallest absolute Gasteiger partial charge is 0.328 e. The topological polar surface area (TPSA) is 26.3 Å². The standard InChI is InChI=1S/C23H18BrClO2/c1-2-16-14-23(24)20(13-21(16)27-22(23)26)19-6-4-3-5-17(19)10-7-15-8-11-18(25)12-9-15/h2-12,14,20-21H,1,13H2/b10-7+/t20-,21+,23-/m1/s1. The van der Waals surface area contributed by atoms with E-state index in [0.717, 1.165) is 33.7 Å². The Balaban J connectivity index is 1.71. The zero-order valence-electron chi connectivity index (χ0n) is 14.6. The Morgan fingerprint density at radius 2 is 1.89 bits per heavy atom. The minimum Gasteiger partial charge on any atom is -0.456 e. The highest BCUT2D eigenvalue weighted by Gasteiger charge is 2.54. The van der Waals surface area contributed by atoms with Crippen LogP contribution in [0, 0.1) is 0 Å². The molecule has 136 valence electrons. The molecule has 2 bridgehead atoms. The molecule has 1 aliphatic carbocycles. The lowest BCUT2D eigenvalue weighted by molar-refractivity contribution is -0.156. The summed E-state index contributed by atoms with van der Waals surface area (Å²) in [6.45, 7) is 3.84. The summed E-state index contributed by atoms with van der Waals surface area (Å²) >= 11 is 9.64. The largest absolute Gasteiger partial charge is 0.456 e. The normalized spacial score (nSPS) is 26.7. The molecule has 2 aliphatic heterocycles. The van der Waals surface area contributed by atoms with Gasteiger partial charge in [0.15, 0.2) is 0 Å². The van der Waals surface area contributed by atoms with E-state index in [9.17, 15) is 4.79 Å². The van der Waals surface area contributed by atoms with Gasteiger partial charge < -0.3 is 4.74 Å². The van der Waals surface area contributed by atoms with Crippen molar-refractivity contribution in [1.82, 2.24) is 0 Å². The fraction of sp³-hybridized carbons (Fsp3) is 0.174. The van der Waals surface area contributed by atoms with Crippen LogP contribution < -0.4 is 0 Å². The van der Waals surface area contributed by atoms with Crippen molar-refractivity contribution in [2.45, 2.75) is 22.8 Å². The Kier molecular flexibility index (Phi) is 4.83. The SMILES string of the molecule is C=CC1=C[C@]2(Br)C(=O)O[C@H]1C[C@@H]2c1ccccc1/C=C/c1ccc(Cl)cc1. The van der Waals surface area contributed by atoms with Gasteiger partial charge in [-0.3, -0.25) is 4.79 Å². The maximum atomic E-state index is 12.6. The molecule has 2 nitrogen and oxygen atoms in total. The number of ether oxygens (including phenoxy) is 1. The average molecular weight is 442 g/mol. The molecule has 2 aromatic rings. The van der Waals surface area contributed by atoms with E-state index < -0.39 is 4.32 Å². The summed E-state index contributed by atoms with van der Waals surface area (Å²) in [6, 6.07) is 15.9. The van der Waals surface area contributed by atoms with Gasteiger partial charge in [0.05, 0.1) is 0 Å². The van der Waals surface area contributed by atoms with Crippen molar-refractivity contribution in [2.75, 3.05) is 0 Å². The van der Waals surface area contributed by atoms with E-state index in [4.69, 9.17) is 16.3 Å². The molecule has 2 heterocycles. The fourth-order valence-corrected chi connectivity index (χ4v) is 4.70. The average Bonchev–Trinajstić information content (AvgIpc) is 2.68. The highest BCUT2D eigenvalue weighted by Crippen LogP contribution is 2.51. The summed E-state index contributed by atoms with van der Waals surface area (Å²) in [4.78, 5) is 12.6. The van der Waals surface area contributed by atoms with Gasteiger partial charge in [0.1, 0.15) is 10.4 Å². The van der Waals surface area contributed by atoms with Crippen LogP contribution in [0.1, 0.15) is 29.0 Å². The van der Waals surface area contributed by atoms with Gasteiger partial charge in [-0.15, -0.1) is 0 Å². The Bertz CT molecular complexity index is 961. The molecule has 1 saturated heterocycles. The van der Waals surface area contributed by atoms with Crippen molar-refractivity contribution >= 4 is 45.7 Å². The zero-order valence-corrected chi connectivity index (χ0v) is 16.9. The molecule has 0 aromatic heterocycles. The van der Waals surface area contributed by atoms with E-state index in [0.29, 0.717) is 0 Å². The maximum absolute atomic E-state index is 12.6. The molecule has 0 amide bonds. The van der Waals surface area contributed by atoms with E-state index in [-0.39, 0.29) is 18.0 Å². The van der Waals surface area contributed by atoms with Crippen LogP contribution >= 0.6 is 27.5 Å². The van der Waals surface area contributed by atoms with E-state index in [2.05, 4.69) is 46.8 Å². The molecule has 2 aromatic carbocycles. The third-order valence-electron chi connectivity index (χ3n) is 5.20. The van der Waals surface area contributed by atoms with Gasteiger partial charge in [0, 0.05) is 10.9 Å². The van der Waals surface area contributed by atoms with Gasteiger partial charge in [-0.25, -0.2) is 0 Å². The van der Waals surface area contributed by atoms with Crippen LogP contribution in [0.2, 0.25) is 5.02 Å². The summed E-state index contributed by atoms with van der Waals surface area (Å²) < 4.78 is 4.72. The van der Waals surface area contributed by atoms with Crippen molar-refractivity contribution in [2.24, 2.45) is 0 Å². The van der Waals surface area contributed by atoms with Crippen LogP contribution in [0.3, 0.4) is 0 Å². The number of fused-ring (bicyclic) bond motifs is 2. The molecule has 0 unspecified atom stereocenters. The molecular formula is C23H18BrClO2. The van der Waals surface area contributed by atoms with E-state index in [1.807, 2.05) is 42.5 Å². The van der Waals surface area contributed by atoms with E-state index in [1.54, 1.807) is 6.08 Å². The number of carbonyl (C=O) groups is 1. The second kappa shape index (κ2) is 7.14. The number of hydrogen-bond acceptors (Lipinski definition) is 2. The molecular weight excluding hydrogens is 424 g/mol. The Hall–Kier alpha value is -2.10. The lowest BCUT2D eigenvalue weighted by Gasteiger charge is -2.45. The molecule has 0 saturated carbocycles.